The zero-order valence-corrected chi connectivity index (χ0v) is 15.1. The Morgan fingerprint density at radius 1 is 1.08 bits per heavy atom. The second-order valence-electron chi connectivity index (χ2n) is 5.01. The summed E-state index contributed by atoms with van der Waals surface area (Å²) in [5.41, 5.74) is 3.00. The van der Waals surface area contributed by atoms with E-state index in [0.717, 1.165) is 4.47 Å². The van der Waals surface area contributed by atoms with Crippen LogP contribution in [-0.2, 0) is 4.84 Å². The number of halogens is 2. The van der Waals surface area contributed by atoms with Crippen molar-refractivity contribution in [1.82, 2.24) is 5.48 Å². The van der Waals surface area contributed by atoms with Crippen molar-refractivity contribution in [2.24, 2.45) is 0 Å². The van der Waals surface area contributed by atoms with Crippen LogP contribution in [0.3, 0.4) is 0 Å². The van der Waals surface area contributed by atoms with Gasteiger partial charge in [0.25, 0.3) is 5.91 Å². The van der Waals surface area contributed by atoms with Gasteiger partial charge in [-0.25, -0.2) is 9.18 Å². The lowest BCUT2D eigenvalue weighted by Crippen LogP contribution is -2.27. The van der Waals surface area contributed by atoms with E-state index < -0.39 is 17.7 Å². The van der Waals surface area contributed by atoms with E-state index in [9.17, 15) is 14.0 Å². The molecule has 0 unspecified atom stereocenters. The van der Waals surface area contributed by atoms with E-state index in [1.807, 2.05) is 5.48 Å². The lowest BCUT2D eigenvalue weighted by atomic mass is 10.0. The largest absolute Gasteiger partial charge is 0.363 e. The van der Waals surface area contributed by atoms with Crippen LogP contribution in [-0.4, -0.2) is 11.9 Å². The number of carbonyl (C=O) groups is 2. The third-order valence-electron chi connectivity index (χ3n) is 3.39. The molecule has 0 radical (unpaired) electrons. The average Bonchev–Trinajstić information content (AvgIpc) is 3.15. The number of hydrogen-bond acceptors (Lipinski definition) is 4. The average molecular weight is 420 g/mol. The quantitative estimate of drug-likeness (QED) is 0.619. The zero-order valence-electron chi connectivity index (χ0n) is 12.7. The first-order valence-electron chi connectivity index (χ1n) is 7.14. The van der Waals surface area contributed by atoms with Crippen LogP contribution in [0.5, 0.6) is 0 Å². The standard InChI is InChI=1S/C18H11BrFNO3S/c19-13-6-4-11(5-7-13)14-2-1-3-15(16(14)20)17(22)21-24-18(23)12-8-9-25-10-12/h1-10H,(H,21,22). The molecule has 25 heavy (non-hydrogen) atoms. The first-order valence-corrected chi connectivity index (χ1v) is 8.88. The molecule has 1 aromatic heterocycles. The number of nitrogens with one attached hydrogen (secondary N) is 1. The SMILES string of the molecule is O=C(ONC(=O)c1cccc(-c2ccc(Br)cc2)c1F)c1ccsc1. The van der Waals surface area contributed by atoms with E-state index in [2.05, 4.69) is 15.9 Å². The molecule has 0 aliphatic heterocycles. The highest BCUT2D eigenvalue weighted by molar-refractivity contribution is 9.10. The van der Waals surface area contributed by atoms with Gasteiger partial charge in [-0.15, -0.1) is 0 Å². The van der Waals surface area contributed by atoms with Crippen molar-refractivity contribution < 1.29 is 18.8 Å². The van der Waals surface area contributed by atoms with Crippen molar-refractivity contribution >= 4 is 39.1 Å². The smallest absolute Gasteiger partial charge is 0.335 e. The van der Waals surface area contributed by atoms with E-state index in [1.165, 1.54) is 17.4 Å². The van der Waals surface area contributed by atoms with E-state index in [0.29, 0.717) is 11.1 Å². The molecule has 3 aromatic rings. The highest BCUT2D eigenvalue weighted by atomic mass is 79.9. The summed E-state index contributed by atoms with van der Waals surface area (Å²) in [4.78, 5) is 28.6. The summed E-state index contributed by atoms with van der Waals surface area (Å²) in [6.45, 7) is 0. The third kappa shape index (κ3) is 3.94. The first-order chi connectivity index (χ1) is 12.1. The summed E-state index contributed by atoms with van der Waals surface area (Å²) < 4.78 is 15.6. The molecule has 0 fully saturated rings. The Morgan fingerprint density at radius 3 is 2.52 bits per heavy atom. The minimum absolute atomic E-state index is 0.210. The van der Waals surface area contributed by atoms with Crippen molar-refractivity contribution in [3.05, 3.63) is 80.7 Å². The third-order valence-corrected chi connectivity index (χ3v) is 4.60. The highest BCUT2D eigenvalue weighted by Crippen LogP contribution is 2.26. The van der Waals surface area contributed by atoms with Gasteiger partial charge in [0.1, 0.15) is 5.82 Å². The summed E-state index contributed by atoms with van der Waals surface area (Å²) in [5, 5.41) is 3.29. The molecule has 0 bridgehead atoms. The fourth-order valence-corrected chi connectivity index (χ4v) is 3.04. The predicted molar refractivity (Wildman–Crippen MR) is 96.7 cm³/mol. The Kier molecular flexibility index (Phi) is 5.25. The summed E-state index contributed by atoms with van der Waals surface area (Å²) in [5.74, 6) is -2.23. The minimum Gasteiger partial charge on any atom is -0.335 e. The van der Waals surface area contributed by atoms with E-state index in [-0.39, 0.29) is 11.1 Å². The summed E-state index contributed by atoms with van der Waals surface area (Å²) in [6, 6.07) is 13.1. The number of amides is 1. The summed E-state index contributed by atoms with van der Waals surface area (Å²) in [7, 11) is 0. The molecule has 1 amide bonds. The number of hydrogen-bond donors (Lipinski definition) is 1. The molecule has 4 nitrogen and oxygen atoms in total. The second-order valence-corrected chi connectivity index (χ2v) is 6.70. The second kappa shape index (κ2) is 7.58. The molecule has 126 valence electrons. The van der Waals surface area contributed by atoms with Crippen molar-refractivity contribution in [1.29, 1.82) is 0 Å². The monoisotopic (exact) mass is 419 g/mol. The fourth-order valence-electron chi connectivity index (χ4n) is 2.15. The number of benzene rings is 2. The van der Waals surface area contributed by atoms with Gasteiger partial charge in [-0.3, -0.25) is 4.79 Å². The molecule has 0 spiro atoms. The topological polar surface area (TPSA) is 55.4 Å². The predicted octanol–water partition coefficient (Wildman–Crippen LogP) is 4.82. The Balaban J connectivity index is 1.78. The van der Waals surface area contributed by atoms with Gasteiger partial charge in [0.15, 0.2) is 0 Å². The van der Waals surface area contributed by atoms with Gasteiger partial charge in [-0.05, 0) is 35.2 Å². The van der Waals surface area contributed by atoms with Crippen LogP contribution in [0.2, 0.25) is 0 Å². The molecule has 0 aliphatic carbocycles. The molecule has 0 aliphatic rings. The van der Waals surface area contributed by atoms with Crippen molar-refractivity contribution in [3.8, 4) is 11.1 Å². The Hall–Kier alpha value is -2.51. The van der Waals surface area contributed by atoms with Crippen LogP contribution in [0.4, 0.5) is 4.39 Å². The maximum Gasteiger partial charge on any atom is 0.363 e. The molecular weight excluding hydrogens is 409 g/mol. The number of thiophene rings is 1. The molecule has 3 rings (SSSR count). The normalized spacial score (nSPS) is 10.3. The van der Waals surface area contributed by atoms with Crippen molar-refractivity contribution in [2.45, 2.75) is 0 Å². The molecule has 2 aromatic carbocycles. The molecule has 0 atom stereocenters. The highest BCUT2D eigenvalue weighted by Gasteiger charge is 2.18. The summed E-state index contributed by atoms with van der Waals surface area (Å²) in [6.07, 6.45) is 0. The molecule has 0 saturated carbocycles. The van der Waals surface area contributed by atoms with Gasteiger partial charge in [-0.1, -0.05) is 40.2 Å². The molecule has 1 N–H and O–H groups in total. The van der Waals surface area contributed by atoms with Gasteiger partial charge >= 0.3 is 5.97 Å². The minimum atomic E-state index is -0.833. The van der Waals surface area contributed by atoms with Crippen LogP contribution >= 0.6 is 27.3 Å². The van der Waals surface area contributed by atoms with E-state index in [1.54, 1.807) is 53.2 Å². The van der Waals surface area contributed by atoms with Crippen LogP contribution in [0.1, 0.15) is 20.7 Å². The van der Waals surface area contributed by atoms with Gasteiger partial charge in [0.2, 0.25) is 0 Å². The fraction of sp³-hybridized carbons (Fsp3) is 0. The molecule has 7 heteroatoms. The van der Waals surface area contributed by atoms with Gasteiger partial charge in [0, 0.05) is 15.4 Å². The lowest BCUT2D eigenvalue weighted by Gasteiger charge is -2.09. The van der Waals surface area contributed by atoms with Crippen LogP contribution in [0.25, 0.3) is 11.1 Å². The Morgan fingerprint density at radius 2 is 1.84 bits per heavy atom. The van der Waals surface area contributed by atoms with Crippen LogP contribution in [0, 0.1) is 5.82 Å². The molecule has 0 saturated heterocycles. The zero-order chi connectivity index (χ0) is 17.8. The summed E-state index contributed by atoms with van der Waals surface area (Å²) >= 11 is 4.64. The lowest BCUT2D eigenvalue weighted by molar-refractivity contribution is 0.0229. The number of rotatable bonds is 3. The molecular formula is C18H11BrFNO3S. The maximum atomic E-state index is 14.7. The van der Waals surface area contributed by atoms with Crippen molar-refractivity contribution in [3.63, 3.8) is 0 Å². The Labute approximate surface area is 155 Å². The molecule has 1 heterocycles. The van der Waals surface area contributed by atoms with E-state index in [4.69, 9.17) is 4.84 Å². The van der Waals surface area contributed by atoms with Crippen molar-refractivity contribution in [2.75, 3.05) is 0 Å². The number of carbonyl (C=O) groups excluding carboxylic acids is 2. The van der Waals surface area contributed by atoms with Gasteiger partial charge in [0.05, 0.1) is 11.1 Å². The van der Waals surface area contributed by atoms with Crippen LogP contribution in [0.15, 0.2) is 63.8 Å². The van der Waals surface area contributed by atoms with Gasteiger partial charge in [-0.2, -0.15) is 16.8 Å². The van der Waals surface area contributed by atoms with Crippen LogP contribution < -0.4 is 5.48 Å². The number of hydroxylamine groups is 1. The first kappa shape index (κ1) is 17.3. The van der Waals surface area contributed by atoms with E-state index >= 15 is 0 Å². The maximum absolute atomic E-state index is 14.7. The Bertz CT molecular complexity index is 911. The van der Waals surface area contributed by atoms with Gasteiger partial charge < -0.3 is 4.84 Å².